The van der Waals surface area contributed by atoms with Gasteiger partial charge in [0.15, 0.2) is 0 Å². The minimum absolute atomic E-state index is 0.0466. The van der Waals surface area contributed by atoms with Crippen LogP contribution < -0.4 is 0 Å². The van der Waals surface area contributed by atoms with Crippen LogP contribution in [0.25, 0.3) is 5.57 Å². The number of hydrogen-bond donors (Lipinski definition) is 0. The summed E-state index contributed by atoms with van der Waals surface area (Å²) < 4.78 is 0. The molecule has 0 aromatic heterocycles. The largest absolute Gasteiger partial charge is 0.287 e. The monoisotopic (exact) mass is 263 g/mol. The van der Waals surface area contributed by atoms with Crippen LogP contribution in [0.5, 0.6) is 0 Å². The van der Waals surface area contributed by atoms with Gasteiger partial charge in [-0.1, -0.05) is 60.7 Å². The van der Waals surface area contributed by atoms with Crippen molar-refractivity contribution in [3.05, 3.63) is 77.9 Å². The summed E-state index contributed by atoms with van der Waals surface area (Å²) in [6, 6.07) is 20.8. The van der Waals surface area contributed by atoms with E-state index in [9.17, 15) is 0 Å². The third-order valence-corrected chi connectivity index (χ3v) is 2.87. The maximum Gasteiger partial charge on any atom is 0.0524 e. The normalized spacial score (nSPS) is 11.6. The zero-order valence-corrected chi connectivity index (χ0v) is 12.4. The fraction of sp³-hybridized carbons (Fsp3) is 0.211. The van der Waals surface area contributed by atoms with Crippen LogP contribution in [0.2, 0.25) is 0 Å². The molecule has 20 heavy (non-hydrogen) atoms. The number of benzene rings is 2. The Morgan fingerprint density at radius 2 is 1.25 bits per heavy atom. The van der Waals surface area contributed by atoms with E-state index in [1.165, 1.54) is 16.7 Å². The molecule has 0 saturated carbocycles. The Hall–Kier alpha value is -2.15. The first kappa shape index (κ1) is 14.3. The maximum atomic E-state index is 4.55. The molecule has 0 spiro atoms. The standard InChI is InChI=1S/C19H21N/c1-19(2,3)20-15-14-18(16-10-6-4-7-11-16)17-12-8-5-9-13-17/h4-15H,1-3H3. The molecule has 102 valence electrons. The summed E-state index contributed by atoms with van der Waals surface area (Å²) in [5.74, 6) is 0. The molecule has 0 aliphatic heterocycles. The van der Waals surface area contributed by atoms with Crippen molar-refractivity contribution in [3.63, 3.8) is 0 Å². The van der Waals surface area contributed by atoms with Crippen molar-refractivity contribution in [2.45, 2.75) is 26.3 Å². The number of hydrogen-bond acceptors (Lipinski definition) is 1. The molecule has 0 atom stereocenters. The van der Waals surface area contributed by atoms with Crippen molar-refractivity contribution in [1.82, 2.24) is 0 Å². The van der Waals surface area contributed by atoms with Gasteiger partial charge in [-0.2, -0.15) is 0 Å². The van der Waals surface area contributed by atoms with Crippen LogP contribution in [0.4, 0.5) is 0 Å². The fourth-order valence-electron chi connectivity index (χ4n) is 1.93. The molecule has 1 nitrogen and oxygen atoms in total. The minimum atomic E-state index is -0.0466. The van der Waals surface area contributed by atoms with Crippen molar-refractivity contribution in [2.24, 2.45) is 4.99 Å². The Morgan fingerprint density at radius 1 is 0.800 bits per heavy atom. The highest BCUT2D eigenvalue weighted by atomic mass is 14.8. The Labute approximate surface area is 121 Å². The van der Waals surface area contributed by atoms with Crippen molar-refractivity contribution >= 4 is 11.8 Å². The van der Waals surface area contributed by atoms with Crippen molar-refractivity contribution in [1.29, 1.82) is 0 Å². The van der Waals surface area contributed by atoms with Gasteiger partial charge in [0.25, 0.3) is 0 Å². The van der Waals surface area contributed by atoms with Crippen molar-refractivity contribution < 1.29 is 0 Å². The number of aliphatic imine (C=N–C) groups is 1. The predicted octanol–water partition coefficient (Wildman–Crippen LogP) is 4.99. The van der Waals surface area contributed by atoms with Gasteiger partial charge in [-0.3, -0.25) is 4.99 Å². The van der Waals surface area contributed by atoms with Gasteiger partial charge in [-0.05, 0) is 43.5 Å². The van der Waals surface area contributed by atoms with E-state index < -0.39 is 0 Å². The molecule has 2 rings (SSSR count). The van der Waals surface area contributed by atoms with Crippen molar-refractivity contribution in [3.8, 4) is 0 Å². The number of nitrogens with zero attached hydrogens (tertiary/aromatic N) is 1. The number of allylic oxidation sites excluding steroid dienone is 1. The molecule has 1 heteroatoms. The van der Waals surface area contributed by atoms with Crippen LogP contribution in [0.3, 0.4) is 0 Å². The van der Waals surface area contributed by atoms with Gasteiger partial charge in [0.2, 0.25) is 0 Å². The molecule has 0 bridgehead atoms. The highest BCUT2D eigenvalue weighted by Crippen LogP contribution is 2.22. The Morgan fingerprint density at radius 3 is 1.65 bits per heavy atom. The molecule has 2 aromatic rings. The first-order chi connectivity index (χ1) is 9.56. The third kappa shape index (κ3) is 4.20. The van der Waals surface area contributed by atoms with Crippen LogP contribution in [-0.2, 0) is 0 Å². The SMILES string of the molecule is CC(C)(C)N=CC=C(c1ccccc1)c1ccccc1. The first-order valence-electron chi connectivity index (χ1n) is 6.93. The molecular formula is C19H21N. The molecular weight excluding hydrogens is 242 g/mol. The molecule has 0 radical (unpaired) electrons. The second-order valence-corrected chi connectivity index (χ2v) is 5.76. The lowest BCUT2D eigenvalue weighted by atomic mass is 9.98. The Balaban J connectivity index is 2.41. The summed E-state index contributed by atoms with van der Waals surface area (Å²) in [7, 11) is 0. The Bertz CT molecular complexity index is 545. The molecule has 0 aliphatic carbocycles. The average molecular weight is 263 g/mol. The van der Waals surface area contributed by atoms with E-state index in [4.69, 9.17) is 0 Å². The van der Waals surface area contributed by atoms with Crippen LogP contribution in [0.15, 0.2) is 71.7 Å². The summed E-state index contributed by atoms with van der Waals surface area (Å²) in [6.07, 6.45) is 4.01. The highest BCUT2D eigenvalue weighted by molar-refractivity contribution is 5.91. The van der Waals surface area contributed by atoms with Crippen LogP contribution >= 0.6 is 0 Å². The zero-order chi connectivity index (χ0) is 14.4. The second kappa shape index (κ2) is 6.33. The fourth-order valence-corrected chi connectivity index (χ4v) is 1.93. The minimum Gasteiger partial charge on any atom is -0.287 e. The topological polar surface area (TPSA) is 12.4 Å². The van der Waals surface area contributed by atoms with E-state index in [0.29, 0.717) is 0 Å². The van der Waals surface area contributed by atoms with E-state index in [-0.39, 0.29) is 5.54 Å². The van der Waals surface area contributed by atoms with Crippen LogP contribution in [0, 0.1) is 0 Å². The van der Waals surface area contributed by atoms with Gasteiger partial charge in [0.05, 0.1) is 5.54 Å². The predicted molar refractivity (Wildman–Crippen MR) is 88.2 cm³/mol. The van der Waals surface area contributed by atoms with E-state index in [2.05, 4.69) is 80.4 Å². The lowest BCUT2D eigenvalue weighted by Crippen LogP contribution is -2.08. The maximum absolute atomic E-state index is 4.55. The molecule has 0 heterocycles. The van der Waals surface area contributed by atoms with Gasteiger partial charge in [0, 0.05) is 6.21 Å². The smallest absolute Gasteiger partial charge is 0.0524 e. The summed E-state index contributed by atoms with van der Waals surface area (Å²) in [4.78, 5) is 4.55. The summed E-state index contributed by atoms with van der Waals surface area (Å²) in [5, 5.41) is 0. The van der Waals surface area contributed by atoms with Gasteiger partial charge in [-0.15, -0.1) is 0 Å². The summed E-state index contributed by atoms with van der Waals surface area (Å²) in [6.45, 7) is 6.30. The van der Waals surface area contributed by atoms with Gasteiger partial charge < -0.3 is 0 Å². The molecule has 0 N–H and O–H groups in total. The molecule has 0 saturated heterocycles. The summed E-state index contributed by atoms with van der Waals surface area (Å²) >= 11 is 0. The van der Waals surface area contributed by atoms with Crippen LogP contribution in [0.1, 0.15) is 31.9 Å². The van der Waals surface area contributed by atoms with E-state index in [0.717, 1.165) is 0 Å². The first-order valence-corrected chi connectivity index (χ1v) is 6.93. The third-order valence-electron chi connectivity index (χ3n) is 2.87. The molecule has 2 aromatic carbocycles. The van der Waals surface area contributed by atoms with E-state index in [1.54, 1.807) is 0 Å². The molecule has 0 amide bonds. The average Bonchev–Trinajstić information content (AvgIpc) is 2.44. The van der Waals surface area contributed by atoms with Crippen molar-refractivity contribution in [2.75, 3.05) is 0 Å². The second-order valence-electron chi connectivity index (χ2n) is 5.76. The van der Waals surface area contributed by atoms with E-state index in [1.807, 2.05) is 18.3 Å². The van der Waals surface area contributed by atoms with Gasteiger partial charge >= 0.3 is 0 Å². The lowest BCUT2D eigenvalue weighted by Gasteiger charge is -2.11. The lowest BCUT2D eigenvalue weighted by molar-refractivity contribution is 0.587. The molecule has 0 unspecified atom stereocenters. The highest BCUT2D eigenvalue weighted by Gasteiger charge is 2.05. The summed E-state index contributed by atoms with van der Waals surface area (Å²) in [5.41, 5.74) is 3.56. The zero-order valence-electron chi connectivity index (χ0n) is 12.4. The quantitative estimate of drug-likeness (QED) is 0.692. The van der Waals surface area contributed by atoms with Crippen LogP contribution in [-0.4, -0.2) is 11.8 Å². The number of rotatable bonds is 3. The van der Waals surface area contributed by atoms with Gasteiger partial charge in [-0.25, -0.2) is 0 Å². The molecule has 0 aliphatic rings. The van der Waals surface area contributed by atoms with Gasteiger partial charge in [0.1, 0.15) is 0 Å². The molecule has 0 fully saturated rings. The Kier molecular flexibility index (Phi) is 4.52. The van der Waals surface area contributed by atoms with E-state index >= 15 is 0 Å².